The molecule has 3 nitrogen and oxygen atoms in total. The third kappa shape index (κ3) is 6.68. The molecule has 1 N–H and O–H groups in total. The zero-order valence-corrected chi connectivity index (χ0v) is 10.8. The molecule has 0 heterocycles. The molecule has 0 amide bonds. The Labute approximate surface area is 96.8 Å². The van der Waals surface area contributed by atoms with Gasteiger partial charge in [-0.3, -0.25) is 0 Å². The molecule has 0 bridgehead atoms. The summed E-state index contributed by atoms with van der Waals surface area (Å²) >= 11 is 0.423. The van der Waals surface area contributed by atoms with E-state index in [-0.39, 0.29) is 5.75 Å². The van der Waals surface area contributed by atoms with Crippen LogP contribution in [0.15, 0.2) is 30.3 Å². The summed E-state index contributed by atoms with van der Waals surface area (Å²) in [6, 6.07) is 10.1. The molecule has 5 heteroatoms. The van der Waals surface area contributed by atoms with Gasteiger partial charge in [-0.2, -0.15) is 0 Å². The van der Waals surface area contributed by atoms with E-state index in [1.54, 1.807) is 0 Å². The molecule has 1 aromatic rings. The van der Waals surface area contributed by atoms with Crippen LogP contribution in [0.2, 0.25) is 5.32 Å². The van der Waals surface area contributed by atoms with Gasteiger partial charge in [0, 0.05) is 0 Å². The molecule has 0 spiro atoms. The first-order valence-electron chi connectivity index (χ1n) is 4.65. The molecule has 84 valence electrons. The van der Waals surface area contributed by atoms with Crippen LogP contribution in [0, 0.1) is 0 Å². The van der Waals surface area contributed by atoms with Gasteiger partial charge in [-0.15, -0.1) is 0 Å². The molecule has 0 radical (unpaired) electrons. The molecule has 1 aromatic carbocycles. The maximum absolute atomic E-state index is 10.4. The van der Waals surface area contributed by atoms with Gasteiger partial charge in [-0.05, 0) is 0 Å². The summed E-state index contributed by atoms with van der Waals surface area (Å²) in [7, 11) is -3.76. The van der Waals surface area contributed by atoms with Crippen molar-refractivity contribution in [3.63, 3.8) is 0 Å². The average Bonchev–Trinajstić information content (AvgIpc) is 2.17. The Morgan fingerprint density at radius 2 is 1.87 bits per heavy atom. The van der Waals surface area contributed by atoms with Crippen LogP contribution < -0.4 is 0 Å². The van der Waals surface area contributed by atoms with E-state index < -0.39 is 10.1 Å². The van der Waals surface area contributed by atoms with Crippen molar-refractivity contribution in [1.82, 2.24) is 0 Å². The normalized spacial score (nSPS) is 11.5. The van der Waals surface area contributed by atoms with Crippen molar-refractivity contribution < 1.29 is 13.0 Å². The second-order valence-electron chi connectivity index (χ2n) is 3.18. The first-order valence-corrected chi connectivity index (χ1v) is 8.68. The summed E-state index contributed by atoms with van der Waals surface area (Å²) in [6.45, 7) is 0. The van der Waals surface area contributed by atoms with Gasteiger partial charge in [0.05, 0.1) is 0 Å². The predicted molar refractivity (Wildman–Crippen MR) is 61.7 cm³/mol. The van der Waals surface area contributed by atoms with E-state index in [1.165, 1.54) is 5.56 Å². The van der Waals surface area contributed by atoms with E-state index in [4.69, 9.17) is 4.55 Å². The van der Waals surface area contributed by atoms with E-state index in [0.717, 1.165) is 10.6 Å². The van der Waals surface area contributed by atoms with Crippen LogP contribution in [-0.4, -0.2) is 33.7 Å². The first-order chi connectivity index (χ1) is 7.08. The quantitative estimate of drug-likeness (QED) is 0.492. The Morgan fingerprint density at radius 3 is 2.47 bits per heavy atom. The second-order valence-corrected chi connectivity index (χ2v) is 7.07. The fourth-order valence-electron chi connectivity index (χ4n) is 1.11. The molecular formula is C10H14O3SSe. The number of rotatable bonds is 6. The standard InChI is InChI=1S/C10H14O3SSe/c11-14(12,13)7-4-8-15-9-10-5-2-1-3-6-10/h1-3,5-6H,4,7-9H2,(H,11,12,13). The third-order valence-electron chi connectivity index (χ3n) is 1.80. The molecule has 0 fully saturated rings. The van der Waals surface area contributed by atoms with Crippen LogP contribution in [0.1, 0.15) is 12.0 Å². The summed E-state index contributed by atoms with van der Waals surface area (Å²) in [4.78, 5) is 0. The predicted octanol–water partition coefficient (Wildman–Crippen LogP) is 1.59. The van der Waals surface area contributed by atoms with Gasteiger partial charge in [0.1, 0.15) is 0 Å². The van der Waals surface area contributed by atoms with Crippen molar-refractivity contribution in [2.45, 2.75) is 17.1 Å². The van der Waals surface area contributed by atoms with E-state index in [2.05, 4.69) is 12.1 Å². The van der Waals surface area contributed by atoms with Gasteiger partial charge < -0.3 is 0 Å². The molecule has 1 rings (SSSR count). The summed E-state index contributed by atoms with van der Waals surface area (Å²) in [6.07, 6.45) is 0.561. The molecule has 0 saturated heterocycles. The molecule has 0 atom stereocenters. The Bertz CT molecular complexity index is 375. The van der Waals surface area contributed by atoms with Crippen LogP contribution >= 0.6 is 0 Å². The molecule has 15 heavy (non-hydrogen) atoms. The van der Waals surface area contributed by atoms with E-state index in [9.17, 15) is 8.42 Å². The van der Waals surface area contributed by atoms with Crippen molar-refractivity contribution >= 4 is 25.1 Å². The van der Waals surface area contributed by atoms with Crippen molar-refractivity contribution in [2.75, 3.05) is 5.75 Å². The van der Waals surface area contributed by atoms with Gasteiger partial charge in [-0.25, -0.2) is 0 Å². The minimum atomic E-state index is -3.76. The minimum absolute atomic E-state index is 0.108. The van der Waals surface area contributed by atoms with Crippen LogP contribution in [0.5, 0.6) is 0 Å². The van der Waals surface area contributed by atoms with E-state index in [1.807, 2.05) is 18.2 Å². The van der Waals surface area contributed by atoms with Gasteiger partial charge in [0.2, 0.25) is 0 Å². The van der Waals surface area contributed by atoms with Crippen LogP contribution in [0.25, 0.3) is 0 Å². The SMILES string of the molecule is O=S(=O)(O)CCC[Se]Cc1ccccc1. The topological polar surface area (TPSA) is 54.4 Å². The Hall–Kier alpha value is -0.351. The van der Waals surface area contributed by atoms with Gasteiger partial charge in [0.15, 0.2) is 0 Å². The zero-order chi connectivity index (χ0) is 11.1. The summed E-state index contributed by atoms with van der Waals surface area (Å²) in [5.74, 6) is -0.108. The van der Waals surface area contributed by atoms with Crippen LogP contribution in [0.3, 0.4) is 0 Å². The van der Waals surface area contributed by atoms with Crippen LogP contribution in [0.4, 0.5) is 0 Å². The fraction of sp³-hybridized carbons (Fsp3) is 0.400. The van der Waals surface area contributed by atoms with Crippen molar-refractivity contribution in [1.29, 1.82) is 0 Å². The fourth-order valence-corrected chi connectivity index (χ4v) is 3.96. The zero-order valence-electron chi connectivity index (χ0n) is 8.30. The molecule has 0 aliphatic rings. The average molecular weight is 293 g/mol. The molecule has 0 unspecified atom stereocenters. The maximum atomic E-state index is 10.4. The van der Waals surface area contributed by atoms with Gasteiger partial charge >= 0.3 is 96.8 Å². The molecule has 0 saturated carbocycles. The molecular weight excluding hydrogens is 279 g/mol. The summed E-state index contributed by atoms with van der Waals surface area (Å²) in [5, 5.41) is 1.92. The van der Waals surface area contributed by atoms with Crippen molar-refractivity contribution in [3.8, 4) is 0 Å². The van der Waals surface area contributed by atoms with Gasteiger partial charge in [0.25, 0.3) is 0 Å². The van der Waals surface area contributed by atoms with Crippen molar-refractivity contribution in [3.05, 3.63) is 35.9 Å². The number of hydrogen-bond donors (Lipinski definition) is 1. The Balaban J connectivity index is 2.13. The first kappa shape index (κ1) is 12.7. The van der Waals surface area contributed by atoms with Gasteiger partial charge in [-0.1, -0.05) is 0 Å². The Kier molecular flexibility index (Phi) is 5.32. The molecule has 0 aliphatic heterocycles. The Morgan fingerprint density at radius 1 is 1.20 bits per heavy atom. The van der Waals surface area contributed by atoms with Crippen LogP contribution in [-0.2, 0) is 15.4 Å². The number of hydrogen-bond acceptors (Lipinski definition) is 2. The molecule has 0 aromatic heterocycles. The third-order valence-corrected chi connectivity index (χ3v) is 4.95. The van der Waals surface area contributed by atoms with E-state index in [0.29, 0.717) is 21.4 Å². The second kappa shape index (κ2) is 6.28. The van der Waals surface area contributed by atoms with E-state index >= 15 is 0 Å². The van der Waals surface area contributed by atoms with Crippen molar-refractivity contribution in [2.24, 2.45) is 0 Å². The summed E-state index contributed by atoms with van der Waals surface area (Å²) < 4.78 is 29.4. The monoisotopic (exact) mass is 294 g/mol. The molecule has 0 aliphatic carbocycles. The summed E-state index contributed by atoms with van der Waals surface area (Å²) in [5.41, 5.74) is 1.30. The number of benzene rings is 1.